The van der Waals surface area contributed by atoms with Crippen molar-refractivity contribution in [2.24, 2.45) is 5.73 Å². The molecular weight excluding hydrogens is 274 g/mol. The number of hydrogen-bond acceptors (Lipinski definition) is 4. The fraction of sp³-hybridized carbons (Fsp3) is 0.643. The standard InChI is InChI=1S/C14H25N3O2S/c1-4-6-10-17(12(3)5-2)20(18,19)14-8-7-9-16-13(14)11-15/h7-9,12H,4-6,10-11,15H2,1-3H3. The Kier molecular flexibility index (Phi) is 6.58. The quantitative estimate of drug-likeness (QED) is 0.798. The monoisotopic (exact) mass is 299 g/mol. The van der Waals surface area contributed by atoms with E-state index < -0.39 is 10.0 Å². The first-order valence-corrected chi connectivity index (χ1v) is 8.58. The van der Waals surface area contributed by atoms with Crippen LogP contribution in [0.4, 0.5) is 0 Å². The van der Waals surface area contributed by atoms with Crippen LogP contribution in [0, 0.1) is 0 Å². The molecule has 6 heteroatoms. The molecule has 0 saturated heterocycles. The van der Waals surface area contributed by atoms with Crippen molar-refractivity contribution in [3.63, 3.8) is 0 Å². The van der Waals surface area contributed by atoms with E-state index >= 15 is 0 Å². The number of rotatable bonds is 8. The van der Waals surface area contributed by atoms with E-state index in [-0.39, 0.29) is 17.5 Å². The third kappa shape index (κ3) is 3.77. The molecule has 0 fully saturated rings. The number of pyridine rings is 1. The van der Waals surface area contributed by atoms with Crippen LogP contribution in [-0.4, -0.2) is 30.3 Å². The Bertz CT molecular complexity index is 517. The van der Waals surface area contributed by atoms with E-state index in [4.69, 9.17) is 5.73 Å². The predicted molar refractivity (Wildman–Crippen MR) is 80.7 cm³/mol. The van der Waals surface area contributed by atoms with Crippen LogP contribution in [0.3, 0.4) is 0 Å². The van der Waals surface area contributed by atoms with Crippen LogP contribution >= 0.6 is 0 Å². The molecule has 1 aromatic heterocycles. The molecule has 0 aromatic carbocycles. The maximum atomic E-state index is 12.8. The molecule has 1 atom stereocenters. The van der Waals surface area contributed by atoms with Gasteiger partial charge in [-0.2, -0.15) is 4.31 Å². The number of nitrogens with two attached hydrogens (primary N) is 1. The second-order valence-corrected chi connectivity index (χ2v) is 6.74. The zero-order chi connectivity index (χ0) is 15.2. The summed E-state index contributed by atoms with van der Waals surface area (Å²) >= 11 is 0. The van der Waals surface area contributed by atoms with Gasteiger partial charge in [-0.1, -0.05) is 20.3 Å². The van der Waals surface area contributed by atoms with Crippen LogP contribution in [-0.2, 0) is 16.6 Å². The van der Waals surface area contributed by atoms with Crippen LogP contribution < -0.4 is 5.73 Å². The van der Waals surface area contributed by atoms with Crippen molar-refractivity contribution in [3.05, 3.63) is 24.0 Å². The Morgan fingerprint density at radius 1 is 1.40 bits per heavy atom. The first kappa shape index (κ1) is 17.1. The molecule has 1 aromatic rings. The minimum Gasteiger partial charge on any atom is -0.325 e. The van der Waals surface area contributed by atoms with Crippen molar-refractivity contribution < 1.29 is 8.42 Å². The van der Waals surface area contributed by atoms with Crippen molar-refractivity contribution >= 4 is 10.0 Å². The Labute approximate surface area is 122 Å². The summed E-state index contributed by atoms with van der Waals surface area (Å²) in [5.74, 6) is 0. The van der Waals surface area contributed by atoms with Gasteiger partial charge in [0.25, 0.3) is 0 Å². The van der Waals surface area contributed by atoms with E-state index in [1.807, 2.05) is 13.8 Å². The highest BCUT2D eigenvalue weighted by atomic mass is 32.2. The molecule has 0 spiro atoms. The van der Waals surface area contributed by atoms with E-state index in [0.717, 1.165) is 19.3 Å². The van der Waals surface area contributed by atoms with Gasteiger partial charge in [0.1, 0.15) is 4.90 Å². The second-order valence-electron chi connectivity index (χ2n) is 4.88. The van der Waals surface area contributed by atoms with Crippen molar-refractivity contribution in [1.82, 2.24) is 9.29 Å². The van der Waals surface area contributed by atoms with Gasteiger partial charge in [0, 0.05) is 25.3 Å². The fourth-order valence-corrected chi connectivity index (χ4v) is 3.96. The van der Waals surface area contributed by atoms with Gasteiger partial charge < -0.3 is 5.73 Å². The molecule has 0 bridgehead atoms. The lowest BCUT2D eigenvalue weighted by Crippen LogP contribution is -2.39. The fourth-order valence-electron chi connectivity index (χ4n) is 2.03. The summed E-state index contributed by atoms with van der Waals surface area (Å²) < 4.78 is 27.3. The van der Waals surface area contributed by atoms with Gasteiger partial charge in [0.2, 0.25) is 10.0 Å². The normalized spacial score (nSPS) is 13.7. The van der Waals surface area contributed by atoms with Crippen molar-refractivity contribution in [2.45, 2.75) is 57.5 Å². The molecule has 0 amide bonds. The number of sulfonamides is 1. The van der Waals surface area contributed by atoms with Crippen LogP contribution in [0.5, 0.6) is 0 Å². The average Bonchev–Trinajstić information content (AvgIpc) is 2.46. The lowest BCUT2D eigenvalue weighted by molar-refractivity contribution is 0.324. The molecule has 20 heavy (non-hydrogen) atoms. The molecular formula is C14H25N3O2S. The van der Waals surface area contributed by atoms with E-state index in [1.54, 1.807) is 22.6 Å². The molecule has 0 saturated carbocycles. The summed E-state index contributed by atoms with van der Waals surface area (Å²) in [7, 11) is -3.54. The van der Waals surface area contributed by atoms with Gasteiger partial charge in [0.15, 0.2) is 0 Å². The van der Waals surface area contributed by atoms with Gasteiger partial charge in [-0.25, -0.2) is 8.42 Å². The highest BCUT2D eigenvalue weighted by Crippen LogP contribution is 2.22. The third-order valence-corrected chi connectivity index (χ3v) is 5.53. The zero-order valence-corrected chi connectivity index (χ0v) is 13.4. The summed E-state index contributed by atoms with van der Waals surface area (Å²) in [6, 6.07) is 3.20. The van der Waals surface area contributed by atoms with E-state index in [0.29, 0.717) is 12.2 Å². The lowest BCUT2D eigenvalue weighted by Gasteiger charge is -2.28. The largest absolute Gasteiger partial charge is 0.325 e. The molecule has 0 aliphatic carbocycles. The van der Waals surface area contributed by atoms with Crippen molar-refractivity contribution in [1.29, 1.82) is 0 Å². The summed E-state index contributed by atoms with van der Waals surface area (Å²) in [4.78, 5) is 4.32. The average molecular weight is 299 g/mol. The zero-order valence-electron chi connectivity index (χ0n) is 12.5. The highest BCUT2D eigenvalue weighted by Gasteiger charge is 2.29. The third-order valence-electron chi connectivity index (χ3n) is 3.44. The predicted octanol–water partition coefficient (Wildman–Crippen LogP) is 2.13. The maximum absolute atomic E-state index is 12.8. The van der Waals surface area contributed by atoms with Crippen LogP contribution in [0.15, 0.2) is 23.2 Å². The van der Waals surface area contributed by atoms with Gasteiger partial charge in [-0.15, -0.1) is 0 Å². The van der Waals surface area contributed by atoms with Crippen LogP contribution in [0.25, 0.3) is 0 Å². The first-order chi connectivity index (χ1) is 9.48. The molecule has 5 nitrogen and oxygen atoms in total. The Balaban J connectivity index is 3.21. The van der Waals surface area contributed by atoms with E-state index in [9.17, 15) is 8.42 Å². The SMILES string of the molecule is CCCCN(C(C)CC)S(=O)(=O)c1cccnc1CN. The minimum atomic E-state index is -3.54. The number of unbranched alkanes of at least 4 members (excludes halogenated alkanes) is 1. The molecule has 0 radical (unpaired) electrons. The maximum Gasteiger partial charge on any atom is 0.245 e. The van der Waals surface area contributed by atoms with Crippen LogP contribution in [0.1, 0.15) is 45.7 Å². The molecule has 1 heterocycles. The Morgan fingerprint density at radius 2 is 2.10 bits per heavy atom. The summed E-state index contributed by atoms with van der Waals surface area (Å²) in [5.41, 5.74) is 6.04. The topological polar surface area (TPSA) is 76.3 Å². The van der Waals surface area contributed by atoms with E-state index in [2.05, 4.69) is 11.9 Å². The van der Waals surface area contributed by atoms with Gasteiger partial charge in [-0.3, -0.25) is 4.98 Å². The molecule has 1 unspecified atom stereocenters. The molecule has 114 valence electrons. The molecule has 2 N–H and O–H groups in total. The second kappa shape index (κ2) is 7.71. The van der Waals surface area contributed by atoms with E-state index in [1.165, 1.54) is 0 Å². The van der Waals surface area contributed by atoms with Crippen LogP contribution in [0.2, 0.25) is 0 Å². The lowest BCUT2D eigenvalue weighted by atomic mass is 10.2. The minimum absolute atomic E-state index is 0.0302. The molecule has 0 aliphatic rings. The van der Waals surface area contributed by atoms with Gasteiger partial charge >= 0.3 is 0 Å². The van der Waals surface area contributed by atoms with Crippen molar-refractivity contribution in [3.8, 4) is 0 Å². The summed E-state index contributed by atoms with van der Waals surface area (Å²) in [6.45, 7) is 6.64. The molecule has 1 rings (SSSR count). The smallest absolute Gasteiger partial charge is 0.245 e. The Hall–Kier alpha value is -0.980. The highest BCUT2D eigenvalue weighted by molar-refractivity contribution is 7.89. The molecule has 0 aliphatic heterocycles. The number of hydrogen-bond donors (Lipinski definition) is 1. The van der Waals surface area contributed by atoms with Gasteiger partial charge in [-0.05, 0) is 31.9 Å². The summed E-state index contributed by atoms with van der Waals surface area (Å²) in [5, 5.41) is 0. The first-order valence-electron chi connectivity index (χ1n) is 7.14. The Morgan fingerprint density at radius 3 is 2.65 bits per heavy atom. The van der Waals surface area contributed by atoms with Gasteiger partial charge in [0.05, 0.1) is 5.69 Å². The number of nitrogens with zero attached hydrogens (tertiary/aromatic N) is 2. The summed E-state index contributed by atoms with van der Waals surface area (Å²) in [6.07, 6.45) is 4.16. The number of aromatic nitrogens is 1. The van der Waals surface area contributed by atoms with Crippen molar-refractivity contribution in [2.75, 3.05) is 6.54 Å².